The zero-order valence-electron chi connectivity index (χ0n) is 19.5. The molecule has 0 unspecified atom stereocenters. The monoisotopic (exact) mass is 440 g/mol. The molecule has 0 aromatic rings. The van der Waals surface area contributed by atoms with Crippen LogP contribution < -0.4 is 5.32 Å². The van der Waals surface area contributed by atoms with Gasteiger partial charge in [-0.2, -0.15) is 0 Å². The van der Waals surface area contributed by atoms with Crippen LogP contribution in [-0.2, 0) is 33.4 Å². The fourth-order valence-corrected chi connectivity index (χ4v) is 3.39. The molecule has 1 aliphatic rings. The van der Waals surface area contributed by atoms with Gasteiger partial charge in [0.05, 0.1) is 18.9 Å². The van der Waals surface area contributed by atoms with Gasteiger partial charge in [0.25, 0.3) is 5.91 Å². The Kier molecular flexibility index (Phi) is 10.1. The Balaban J connectivity index is 2.92. The van der Waals surface area contributed by atoms with Crippen LogP contribution in [0.4, 0.5) is 0 Å². The van der Waals surface area contributed by atoms with Gasteiger partial charge in [-0.1, -0.05) is 13.8 Å². The quantitative estimate of drug-likeness (QED) is 0.483. The summed E-state index contributed by atoms with van der Waals surface area (Å²) < 4.78 is 10.1. The fraction of sp³-hybridized carbons (Fsp3) is 0.773. The van der Waals surface area contributed by atoms with Gasteiger partial charge in [0.1, 0.15) is 5.60 Å². The lowest BCUT2D eigenvalue weighted by Gasteiger charge is -2.27. The van der Waals surface area contributed by atoms with Crippen molar-refractivity contribution in [2.75, 3.05) is 26.2 Å². The van der Waals surface area contributed by atoms with E-state index in [1.165, 1.54) is 11.8 Å². The number of Topliss-reactive ketones (excluding diaryl/α,β-unsaturated/α-hetero) is 1. The minimum Gasteiger partial charge on any atom is -0.460 e. The molecule has 176 valence electrons. The maximum Gasteiger partial charge on any atom is 0.307 e. The van der Waals surface area contributed by atoms with Gasteiger partial charge in [-0.15, -0.1) is 0 Å². The molecule has 2 amide bonds. The molecule has 31 heavy (non-hydrogen) atoms. The fourth-order valence-electron chi connectivity index (χ4n) is 3.39. The lowest BCUT2D eigenvalue weighted by Crippen LogP contribution is -2.44. The molecule has 0 aliphatic carbocycles. The number of carbonyl (C=O) groups is 5. The minimum atomic E-state index is -0.662. The summed E-state index contributed by atoms with van der Waals surface area (Å²) in [6.07, 6.45) is 0.940. The number of hydrogen-bond acceptors (Lipinski definition) is 7. The van der Waals surface area contributed by atoms with Crippen molar-refractivity contribution in [2.24, 2.45) is 17.8 Å². The predicted molar refractivity (Wildman–Crippen MR) is 113 cm³/mol. The van der Waals surface area contributed by atoms with E-state index in [0.717, 1.165) is 0 Å². The number of carbonyl (C=O) groups excluding carboxylic acids is 5. The normalized spacial score (nSPS) is 17.1. The van der Waals surface area contributed by atoms with Gasteiger partial charge in [-0.3, -0.25) is 24.0 Å². The van der Waals surface area contributed by atoms with E-state index in [2.05, 4.69) is 5.32 Å². The van der Waals surface area contributed by atoms with Crippen LogP contribution in [0.1, 0.15) is 60.8 Å². The summed E-state index contributed by atoms with van der Waals surface area (Å²) in [6, 6.07) is 0. The van der Waals surface area contributed by atoms with Crippen molar-refractivity contribution in [2.45, 2.75) is 66.4 Å². The number of nitrogens with one attached hydrogen (secondary N) is 1. The van der Waals surface area contributed by atoms with Crippen molar-refractivity contribution in [3.63, 3.8) is 0 Å². The van der Waals surface area contributed by atoms with Crippen LogP contribution in [-0.4, -0.2) is 66.3 Å². The second-order valence-corrected chi connectivity index (χ2v) is 9.41. The molecule has 2 atom stereocenters. The molecule has 1 fully saturated rings. The standard InChI is InChI=1S/C22H36N2O7/c1-14(2)9-17(10-20(28)31-22(4,5)6)18(26)12-24(19(27)13-30-15(3)25)11-16-7-8-23-21(16)29/h14,16-17H,7-13H2,1-6H3,(H,23,29)/t16-,17+/m0/s1. The third-order valence-corrected chi connectivity index (χ3v) is 4.75. The third kappa shape index (κ3) is 10.4. The first kappa shape index (κ1) is 26.6. The van der Waals surface area contributed by atoms with E-state index in [9.17, 15) is 24.0 Å². The van der Waals surface area contributed by atoms with Crippen LogP contribution in [0.5, 0.6) is 0 Å². The molecule has 9 heteroatoms. The first-order valence-corrected chi connectivity index (χ1v) is 10.7. The Morgan fingerprint density at radius 3 is 2.32 bits per heavy atom. The molecular weight excluding hydrogens is 404 g/mol. The van der Waals surface area contributed by atoms with Gasteiger partial charge in [0.15, 0.2) is 12.4 Å². The van der Waals surface area contributed by atoms with E-state index >= 15 is 0 Å². The van der Waals surface area contributed by atoms with E-state index in [1.54, 1.807) is 20.8 Å². The summed E-state index contributed by atoms with van der Waals surface area (Å²) in [5.74, 6) is -2.98. The second-order valence-electron chi connectivity index (χ2n) is 9.41. The van der Waals surface area contributed by atoms with Crippen molar-refractivity contribution in [1.82, 2.24) is 10.2 Å². The Morgan fingerprint density at radius 1 is 1.19 bits per heavy atom. The second kappa shape index (κ2) is 11.8. The van der Waals surface area contributed by atoms with Gasteiger partial charge >= 0.3 is 11.9 Å². The highest BCUT2D eigenvalue weighted by atomic mass is 16.6. The zero-order valence-corrected chi connectivity index (χ0v) is 19.5. The van der Waals surface area contributed by atoms with Crippen molar-refractivity contribution >= 4 is 29.5 Å². The summed E-state index contributed by atoms with van der Waals surface area (Å²) in [7, 11) is 0. The van der Waals surface area contributed by atoms with Crippen LogP contribution in [0.2, 0.25) is 0 Å². The Hall–Kier alpha value is -2.45. The van der Waals surface area contributed by atoms with Crippen molar-refractivity contribution in [3.05, 3.63) is 0 Å². The molecule has 0 spiro atoms. The maximum absolute atomic E-state index is 13.1. The van der Waals surface area contributed by atoms with Gasteiger partial charge in [-0.25, -0.2) is 0 Å². The van der Waals surface area contributed by atoms with Gasteiger partial charge < -0.3 is 19.7 Å². The molecule has 1 aliphatic heterocycles. The summed E-state index contributed by atoms with van der Waals surface area (Å²) in [5, 5.41) is 2.71. The molecule has 1 heterocycles. The number of amides is 2. The van der Waals surface area contributed by atoms with Crippen LogP contribution in [0.25, 0.3) is 0 Å². The van der Waals surface area contributed by atoms with Crippen LogP contribution in [0.3, 0.4) is 0 Å². The minimum absolute atomic E-state index is 0.0541. The number of rotatable bonds is 11. The molecule has 9 nitrogen and oxygen atoms in total. The Morgan fingerprint density at radius 2 is 1.84 bits per heavy atom. The van der Waals surface area contributed by atoms with E-state index in [1.807, 2.05) is 13.8 Å². The summed E-state index contributed by atoms with van der Waals surface area (Å²) >= 11 is 0. The summed E-state index contributed by atoms with van der Waals surface area (Å²) in [4.78, 5) is 62.3. The Bertz CT molecular complexity index is 682. The van der Waals surface area contributed by atoms with Crippen molar-refractivity contribution in [3.8, 4) is 0 Å². The highest BCUT2D eigenvalue weighted by Crippen LogP contribution is 2.21. The first-order valence-electron chi connectivity index (χ1n) is 10.7. The number of ketones is 1. The summed E-state index contributed by atoms with van der Waals surface area (Å²) in [5.41, 5.74) is -0.662. The number of ether oxygens (including phenoxy) is 2. The first-order chi connectivity index (χ1) is 14.3. The van der Waals surface area contributed by atoms with Crippen molar-refractivity contribution in [1.29, 1.82) is 0 Å². The zero-order chi connectivity index (χ0) is 23.8. The van der Waals surface area contributed by atoms with Crippen molar-refractivity contribution < 1.29 is 33.4 Å². The van der Waals surface area contributed by atoms with E-state index in [-0.39, 0.29) is 37.1 Å². The topological polar surface area (TPSA) is 119 Å². The van der Waals surface area contributed by atoms with Crippen LogP contribution in [0.15, 0.2) is 0 Å². The van der Waals surface area contributed by atoms with E-state index < -0.39 is 41.9 Å². The maximum atomic E-state index is 13.1. The lowest BCUT2D eigenvalue weighted by molar-refractivity contribution is -0.157. The number of hydrogen-bond donors (Lipinski definition) is 1. The molecule has 1 N–H and O–H groups in total. The third-order valence-electron chi connectivity index (χ3n) is 4.75. The lowest BCUT2D eigenvalue weighted by atomic mass is 9.90. The molecular formula is C22H36N2O7. The number of nitrogens with zero attached hydrogens (tertiary/aromatic N) is 1. The average molecular weight is 441 g/mol. The molecule has 0 saturated carbocycles. The van der Waals surface area contributed by atoms with Gasteiger partial charge in [0.2, 0.25) is 5.91 Å². The average Bonchev–Trinajstić information content (AvgIpc) is 3.01. The van der Waals surface area contributed by atoms with E-state index in [0.29, 0.717) is 19.4 Å². The molecule has 0 radical (unpaired) electrons. The van der Waals surface area contributed by atoms with Gasteiger partial charge in [0, 0.05) is 25.9 Å². The number of esters is 2. The SMILES string of the molecule is CC(=O)OCC(=O)N(CC(=O)[C@@H](CC(=O)OC(C)(C)C)CC(C)C)C[C@@H]1CCNC1=O. The Labute approximate surface area is 184 Å². The van der Waals surface area contributed by atoms with Gasteiger partial charge in [-0.05, 0) is 39.5 Å². The largest absolute Gasteiger partial charge is 0.460 e. The highest BCUT2D eigenvalue weighted by Gasteiger charge is 2.32. The van der Waals surface area contributed by atoms with Crippen LogP contribution in [0, 0.1) is 17.8 Å². The molecule has 0 aromatic carbocycles. The molecule has 0 aromatic heterocycles. The molecule has 1 rings (SSSR count). The predicted octanol–water partition coefficient (Wildman–Crippen LogP) is 1.48. The summed E-state index contributed by atoms with van der Waals surface area (Å²) in [6.45, 7) is 10.2. The van der Waals surface area contributed by atoms with E-state index in [4.69, 9.17) is 9.47 Å². The highest BCUT2D eigenvalue weighted by molar-refractivity contribution is 5.91. The molecule has 0 bridgehead atoms. The smallest absolute Gasteiger partial charge is 0.307 e. The van der Waals surface area contributed by atoms with Crippen LogP contribution >= 0.6 is 0 Å². The molecule has 1 saturated heterocycles.